The Morgan fingerprint density at radius 1 is 1.65 bits per heavy atom. The van der Waals surface area contributed by atoms with Crippen LogP contribution in [0.4, 0.5) is 0 Å². The van der Waals surface area contributed by atoms with Gasteiger partial charge in [-0.1, -0.05) is 0 Å². The number of nitrogens with one attached hydrogen (secondary N) is 1. The summed E-state index contributed by atoms with van der Waals surface area (Å²) >= 11 is 5.36. The van der Waals surface area contributed by atoms with E-state index < -0.39 is 0 Å². The molecule has 1 aliphatic rings. The van der Waals surface area contributed by atoms with Crippen molar-refractivity contribution >= 4 is 27.3 Å². The van der Waals surface area contributed by atoms with Gasteiger partial charge in [0, 0.05) is 47.5 Å². The molecule has 96 valence electrons. The molecule has 0 saturated carbocycles. The number of methoxy groups -OCH3 is 1. The van der Waals surface area contributed by atoms with Crippen LogP contribution in [0.1, 0.15) is 16.2 Å². The molecule has 1 aromatic rings. The topological polar surface area (TPSA) is 30.5 Å². The SMILES string of the molecule is COC1(CNCc2cc(Br)c(C)s2)CCOC1. The molecular formula is C12H18BrNO2S. The summed E-state index contributed by atoms with van der Waals surface area (Å²) in [6.07, 6.45) is 0.976. The number of ether oxygens (including phenoxy) is 2. The molecule has 1 aromatic heterocycles. The van der Waals surface area contributed by atoms with Crippen molar-refractivity contribution in [1.29, 1.82) is 0 Å². The van der Waals surface area contributed by atoms with Crippen LogP contribution in [0, 0.1) is 6.92 Å². The lowest BCUT2D eigenvalue weighted by Crippen LogP contribution is -2.42. The molecule has 1 fully saturated rings. The Hall–Kier alpha value is 0.0600. The quantitative estimate of drug-likeness (QED) is 0.905. The van der Waals surface area contributed by atoms with Crippen molar-refractivity contribution in [3.8, 4) is 0 Å². The van der Waals surface area contributed by atoms with Gasteiger partial charge in [-0.15, -0.1) is 11.3 Å². The zero-order valence-electron chi connectivity index (χ0n) is 10.2. The second-order valence-electron chi connectivity index (χ2n) is 4.41. The van der Waals surface area contributed by atoms with Gasteiger partial charge in [-0.3, -0.25) is 0 Å². The van der Waals surface area contributed by atoms with Crippen molar-refractivity contribution in [3.05, 3.63) is 20.3 Å². The molecule has 0 aromatic carbocycles. The summed E-state index contributed by atoms with van der Waals surface area (Å²) in [4.78, 5) is 2.67. The predicted octanol–water partition coefficient (Wildman–Crippen LogP) is 2.71. The van der Waals surface area contributed by atoms with Crippen molar-refractivity contribution < 1.29 is 9.47 Å². The first-order valence-electron chi connectivity index (χ1n) is 5.74. The van der Waals surface area contributed by atoms with E-state index in [4.69, 9.17) is 9.47 Å². The monoisotopic (exact) mass is 319 g/mol. The second kappa shape index (κ2) is 5.80. The molecule has 1 saturated heterocycles. The lowest BCUT2D eigenvalue weighted by molar-refractivity contribution is -0.0158. The van der Waals surface area contributed by atoms with Crippen LogP contribution in [-0.2, 0) is 16.0 Å². The molecule has 3 nitrogen and oxygen atoms in total. The highest BCUT2D eigenvalue weighted by molar-refractivity contribution is 9.10. The average molecular weight is 320 g/mol. The molecule has 1 atom stereocenters. The molecule has 2 heterocycles. The van der Waals surface area contributed by atoms with Crippen molar-refractivity contribution in [3.63, 3.8) is 0 Å². The third kappa shape index (κ3) is 3.29. The molecule has 17 heavy (non-hydrogen) atoms. The van der Waals surface area contributed by atoms with E-state index in [0.29, 0.717) is 6.61 Å². The summed E-state index contributed by atoms with van der Waals surface area (Å²) in [5.41, 5.74) is -0.121. The zero-order chi connectivity index (χ0) is 12.3. The third-order valence-corrected chi connectivity index (χ3v) is 5.29. The molecule has 0 radical (unpaired) electrons. The van der Waals surface area contributed by atoms with Gasteiger partial charge in [-0.05, 0) is 28.9 Å². The smallest absolute Gasteiger partial charge is 0.106 e. The number of rotatable bonds is 5. The molecule has 0 bridgehead atoms. The molecule has 1 unspecified atom stereocenters. The fourth-order valence-electron chi connectivity index (χ4n) is 1.98. The van der Waals surface area contributed by atoms with Gasteiger partial charge in [-0.2, -0.15) is 0 Å². The van der Waals surface area contributed by atoms with Gasteiger partial charge in [0.1, 0.15) is 5.60 Å². The molecule has 5 heteroatoms. The Kier molecular flexibility index (Phi) is 4.60. The average Bonchev–Trinajstić information content (AvgIpc) is 2.89. The minimum atomic E-state index is -0.121. The summed E-state index contributed by atoms with van der Waals surface area (Å²) < 4.78 is 12.2. The molecule has 2 rings (SSSR count). The summed E-state index contributed by atoms with van der Waals surface area (Å²) in [5, 5.41) is 3.46. The third-order valence-electron chi connectivity index (χ3n) is 3.15. The van der Waals surface area contributed by atoms with Crippen LogP contribution < -0.4 is 5.32 Å². The summed E-state index contributed by atoms with van der Waals surface area (Å²) in [7, 11) is 1.77. The van der Waals surface area contributed by atoms with E-state index in [-0.39, 0.29) is 5.60 Å². The first-order valence-corrected chi connectivity index (χ1v) is 7.35. The van der Waals surface area contributed by atoms with E-state index >= 15 is 0 Å². The van der Waals surface area contributed by atoms with Crippen molar-refractivity contribution in [2.45, 2.75) is 25.5 Å². The van der Waals surface area contributed by atoms with Gasteiger partial charge in [0.2, 0.25) is 0 Å². The standard InChI is InChI=1S/C12H18BrNO2S/c1-9-11(13)5-10(17-9)6-14-7-12(15-2)3-4-16-8-12/h5,14H,3-4,6-8H2,1-2H3. The summed E-state index contributed by atoms with van der Waals surface area (Å²) in [5.74, 6) is 0. The molecule has 1 N–H and O–H groups in total. The molecule has 1 aliphatic heterocycles. The van der Waals surface area contributed by atoms with E-state index in [1.54, 1.807) is 7.11 Å². The maximum atomic E-state index is 5.57. The Morgan fingerprint density at radius 3 is 3.00 bits per heavy atom. The van der Waals surface area contributed by atoms with Crippen LogP contribution in [0.15, 0.2) is 10.5 Å². The number of halogens is 1. The minimum Gasteiger partial charge on any atom is -0.378 e. The molecule has 0 amide bonds. The van der Waals surface area contributed by atoms with Gasteiger partial charge in [0.05, 0.1) is 6.61 Å². The molecular weight excluding hydrogens is 302 g/mol. The van der Waals surface area contributed by atoms with Crippen LogP contribution in [-0.4, -0.2) is 32.5 Å². The van der Waals surface area contributed by atoms with E-state index in [1.807, 2.05) is 11.3 Å². The van der Waals surface area contributed by atoms with Crippen molar-refractivity contribution in [1.82, 2.24) is 5.32 Å². The van der Waals surface area contributed by atoms with Crippen LogP contribution in [0.3, 0.4) is 0 Å². The Balaban J connectivity index is 1.82. The van der Waals surface area contributed by atoms with Gasteiger partial charge >= 0.3 is 0 Å². The first kappa shape index (κ1) is 13.5. The Bertz CT molecular complexity index is 355. The highest BCUT2D eigenvalue weighted by Gasteiger charge is 2.34. The number of hydrogen-bond acceptors (Lipinski definition) is 4. The summed E-state index contributed by atoms with van der Waals surface area (Å²) in [6, 6.07) is 2.18. The van der Waals surface area contributed by atoms with Gasteiger partial charge < -0.3 is 14.8 Å². The first-order chi connectivity index (χ1) is 8.15. The van der Waals surface area contributed by atoms with E-state index in [0.717, 1.165) is 26.1 Å². The normalized spacial score (nSPS) is 24.4. The number of thiophene rings is 1. The Labute approximate surface area is 115 Å². The summed E-state index contributed by atoms with van der Waals surface area (Å²) in [6.45, 7) is 5.36. The number of hydrogen-bond donors (Lipinski definition) is 1. The fraction of sp³-hybridized carbons (Fsp3) is 0.667. The maximum Gasteiger partial charge on any atom is 0.106 e. The van der Waals surface area contributed by atoms with E-state index in [2.05, 4.69) is 34.2 Å². The number of aryl methyl sites for hydroxylation is 1. The van der Waals surface area contributed by atoms with Gasteiger partial charge in [0.25, 0.3) is 0 Å². The highest BCUT2D eigenvalue weighted by atomic mass is 79.9. The highest BCUT2D eigenvalue weighted by Crippen LogP contribution is 2.26. The fourth-order valence-corrected chi connectivity index (χ4v) is 3.55. The van der Waals surface area contributed by atoms with E-state index in [1.165, 1.54) is 14.2 Å². The predicted molar refractivity (Wildman–Crippen MR) is 73.6 cm³/mol. The van der Waals surface area contributed by atoms with Crippen molar-refractivity contribution in [2.75, 3.05) is 26.9 Å². The molecule has 0 spiro atoms. The van der Waals surface area contributed by atoms with E-state index in [9.17, 15) is 0 Å². The second-order valence-corrected chi connectivity index (χ2v) is 6.61. The minimum absolute atomic E-state index is 0.121. The maximum absolute atomic E-state index is 5.57. The van der Waals surface area contributed by atoms with Crippen molar-refractivity contribution in [2.24, 2.45) is 0 Å². The Morgan fingerprint density at radius 2 is 2.47 bits per heavy atom. The van der Waals surface area contributed by atoms with Crippen LogP contribution >= 0.6 is 27.3 Å². The lowest BCUT2D eigenvalue weighted by atomic mass is 10.0. The molecule has 0 aliphatic carbocycles. The van der Waals surface area contributed by atoms with Crippen LogP contribution in [0.2, 0.25) is 0 Å². The largest absolute Gasteiger partial charge is 0.378 e. The van der Waals surface area contributed by atoms with Crippen LogP contribution in [0.25, 0.3) is 0 Å². The van der Waals surface area contributed by atoms with Gasteiger partial charge in [-0.25, -0.2) is 0 Å². The van der Waals surface area contributed by atoms with Crippen LogP contribution in [0.5, 0.6) is 0 Å². The zero-order valence-corrected chi connectivity index (χ0v) is 12.6. The lowest BCUT2D eigenvalue weighted by Gasteiger charge is -2.25. The van der Waals surface area contributed by atoms with Gasteiger partial charge in [0.15, 0.2) is 0 Å².